The summed E-state index contributed by atoms with van der Waals surface area (Å²) in [5.74, 6) is 0. The number of piperidine rings is 1. The molecule has 5 heteroatoms. The third kappa shape index (κ3) is 3.92. The van der Waals surface area contributed by atoms with Crippen molar-refractivity contribution in [3.8, 4) is 0 Å². The minimum absolute atomic E-state index is 0.00125. The summed E-state index contributed by atoms with van der Waals surface area (Å²) in [4.78, 5) is 14.2. The van der Waals surface area contributed by atoms with Gasteiger partial charge in [-0.15, -0.1) is 0 Å². The summed E-state index contributed by atoms with van der Waals surface area (Å²) in [6.07, 6.45) is 9.64. The van der Waals surface area contributed by atoms with Crippen LogP contribution >= 0.6 is 0 Å². The molecule has 2 heterocycles. The predicted molar refractivity (Wildman–Crippen MR) is 83.4 cm³/mol. The Kier molecular flexibility index (Phi) is 5.04. The fourth-order valence-corrected chi connectivity index (χ4v) is 3.28. The first-order valence-electron chi connectivity index (χ1n) is 8.32. The summed E-state index contributed by atoms with van der Waals surface area (Å²) in [6, 6.07) is 4.66. The van der Waals surface area contributed by atoms with Crippen molar-refractivity contribution in [2.75, 3.05) is 19.6 Å². The molecule has 1 aliphatic heterocycles. The average molecular weight is 290 g/mol. The van der Waals surface area contributed by atoms with Crippen molar-refractivity contribution in [1.29, 1.82) is 0 Å². The topological polar surface area (TPSA) is 50.2 Å². The molecule has 2 aliphatic rings. The quantitative estimate of drug-likeness (QED) is 0.856. The van der Waals surface area contributed by atoms with Crippen molar-refractivity contribution >= 4 is 0 Å². The molecule has 0 bridgehead atoms. The van der Waals surface area contributed by atoms with Crippen LogP contribution in [0.1, 0.15) is 38.5 Å². The Morgan fingerprint density at radius 2 is 2.10 bits per heavy atom. The summed E-state index contributed by atoms with van der Waals surface area (Å²) < 4.78 is 1.57. The Bertz CT molecular complexity index is 497. The van der Waals surface area contributed by atoms with Gasteiger partial charge in [-0.2, -0.15) is 5.10 Å². The zero-order valence-corrected chi connectivity index (χ0v) is 12.7. The zero-order valence-electron chi connectivity index (χ0n) is 12.7. The van der Waals surface area contributed by atoms with Gasteiger partial charge in [0, 0.05) is 37.4 Å². The van der Waals surface area contributed by atoms with Crippen LogP contribution in [0.2, 0.25) is 0 Å². The molecule has 0 aromatic carbocycles. The average Bonchev–Trinajstić information content (AvgIpc) is 2.46. The standard InChI is InChI=1S/C16H26N4O/c21-16-8-4-9-18-20(16)12-11-19-10-2-1-7-15(19)13-17-14-5-3-6-14/h4,8-9,14-15,17H,1-3,5-7,10-13H2. The molecule has 116 valence electrons. The van der Waals surface area contributed by atoms with Crippen molar-refractivity contribution in [1.82, 2.24) is 20.0 Å². The van der Waals surface area contributed by atoms with E-state index in [4.69, 9.17) is 0 Å². The summed E-state index contributed by atoms with van der Waals surface area (Å²) in [5.41, 5.74) is -0.00125. The molecule has 1 aliphatic carbocycles. The van der Waals surface area contributed by atoms with E-state index < -0.39 is 0 Å². The second-order valence-electron chi connectivity index (χ2n) is 6.31. The normalized spacial score (nSPS) is 23.9. The van der Waals surface area contributed by atoms with Gasteiger partial charge in [-0.25, -0.2) is 4.68 Å². The van der Waals surface area contributed by atoms with Crippen LogP contribution in [0.15, 0.2) is 23.1 Å². The SMILES string of the molecule is O=c1cccnn1CCN1CCCCC1CNC1CCC1. The third-order valence-corrected chi connectivity index (χ3v) is 4.88. The molecule has 5 nitrogen and oxygen atoms in total. The predicted octanol–water partition coefficient (Wildman–Crippen LogP) is 1.24. The van der Waals surface area contributed by atoms with Crippen molar-refractivity contribution in [3.63, 3.8) is 0 Å². The van der Waals surface area contributed by atoms with E-state index in [1.165, 1.54) is 38.5 Å². The van der Waals surface area contributed by atoms with Gasteiger partial charge in [0.05, 0.1) is 6.54 Å². The summed E-state index contributed by atoms with van der Waals surface area (Å²) in [5, 5.41) is 7.85. The van der Waals surface area contributed by atoms with E-state index in [0.717, 1.165) is 25.7 Å². The Morgan fingerprint density at radius 3 is 2.86 bits per heavy atom. The van der Waals surface area contributed by atoms with Gasteiger partial charge in [0.2, 0.25) is 0 Å². The lowest BCUT2D eigenvalue weighted by Gasteiger charge is -2.38. The fraction of sp³-hybridized carbons (Fsp3) is 0.750. The van der Waals surface area contributed by atoms with E-state index in [2.05, 4.69) is 15.3 Å². The number of nitrogens with zero attached hydrogens (tertiary/aromatic N) is 3. The summed E-state index contributed by atoms with van der Waals surface area (Å²) >= 11 is 0. The summed E-state index contributed by atoms with van der Waals surface area (Å²) in [7, 11) is 0. The maximum atomic E-state index is 11.7. The van der Waals surface area contributed by atoms with Crippen LogP contribution in [0.5, 0.6) is 0 Å². The molecule has 1 unspecified atom stereocenters. The highest BCUT2D eigenvalue weighted by molar-refractivity contribution is 4.86. The molecule has 0 spiro atoms. The summed E-state index contributed by atoms with van der Waals surface area (Å²) in [6.45, 7) is 3.87. The highest BCUT2D eigenvalue weighted by atomic mass is 16.1. The van der Waals surface area contributed by atoms with Crippen molar-refractivity contribution in [3.05, 3.63) is 28.7 Å². The first-order valence-corrected chi connectivity index (χ1v) is 8.32. The number of aromatic nitrogens is 2. The molecule has 2 fully saturated rings. The monoisotopic (exact) mass is 290 g/mol. The maximum absolute atomic E-state index is 11.7. The highest BCUT2D eigenvalue weighted by Crippen LogP contribution is 2.20. The van der Waals surface area contributed by atoms with Crippen molar-refractivity contribution in [2.45, 2.75) is 57.2 Å². The molecule has 1 atom stereocenters. The second-order valence-corrected chi connectivity index (χ2v) is 6.31. The molecule has 1 aromatic rings. The number of hydrogen-bond donors (Lipinski definition) is 1. The fourth-order valence-electron chi connectivity index (χ4n) is 3.28. The van der Waals surface area contributed by atoms with Crippen LogP contribution in [-0.2, 0) is 6.54 Å². The van der Waals surface area contributed by atoms with E-state index >= 15 is 0 Å². The Morgan fingerprint density at radius 1 is 1.19 bits per heavy atom. The van der Waals surface area contributed by atoms with Gasteiger partial charge in [0.1, 0.15) is 0 Å². The number of hydrogen-bond acceptors (Lipinski definition) is 4. The van der Waals surface area contributed by atoms with Crippen molar-refractivity contribution in [2.24, 2.45) is 0 Å². The van der Waals surface area contributed by atoms with E-state index in [1.54, 1.807) is 23.0 Å². The molecule has 1 saturated heterocycles. The van der Waals surface area contributed by atoms with Gasteiger partial charge in [-0.3, -0.25) is 9.69 Å². The van der Waals surface area contributed by atoms with Crippen LogP contribution in [0.25, 0.3) is 0 Å². The van der Waals surface area contributed by atoms with Crippen LogP contribution in [0.3, 0.4) is 0 Å². The van der Waals surface area contributed by atoms with Crippen LogP contribution in [0, 0.1) is 0 Å². The van der Waals surface area contributed by atoms with Gasteiger partial charge in [-0.1, -0.05) is 12.8 Å². The second kappa shape index (κ2) is 7.18. The largest absolute Gasteiger partial charge is 0.312 e. The van der Waals surface area contributed by atoms with Crippen LogP contribution in [0.4, 0.5) is 0 Å². The lowest BCUT2D eigenvalue weighted by Crippen LogP contribution is -2.50. The number of rotatable bonds is 6. The van der Waals surface area contributed by atoms with Gasteiger partial charge in [0.25, 0.3) is 5.56 Å². The lowest BCUT2D eigenvalue weighted by molar-refractivity contribution is 0.131. The van der Waals surface area contributed by atoms with Gasteiger partial charge in [0.15, 0.2) is 0 Å². The van der Waals surface area contributed by atoms with Crippen LogP contribution in [-0.4, -0.2) is 46.4 Å². The van der Waals surface area contributed by atoms with E-state index in [0.29, 0.717) is 12.6 Å². The Labute approximate surface area is 126 Å². The molecule has 1 saturated carbocycles. The molecular weight excluding hydrogens is 264 g/mol. The van der Waals surface area contributed by atoms with E-state index in [1.807, 2.05) is 0 Å². The molecule has 0 radical (unpaired) electrons. The Balaban J connectivity index is 1.51. The molecule has 3 rings (SSSR count). The first kappa shape index (κ1) is 14.7. The molecular formula is C16H26N4O. The zero-order chi connectivity index (χ0) is 14.5. The minimum atomic E-state index is -0.00125. The molecule has 1 aromatic heterocycles. The molecule has 0 amide bonds. The molecule has 1 N–H and O–H groups in total. The van der Waals surface area contributed by atoms with Gasteiger partial charge in [-0.05, 0) is 38.3 Å². The third-order valence-electron chi connectivity index (χ3n) is 4.88. The van der Waals surface area contributed by atoms with Crippen LogP contribution < -0.4 is 10.9 Å². The smallest absolute Gasteiger partial charge is 0.266 e. The first-order chi connectivity index (χ1) is 10.3. The number of nitrogens with one attached hydrogen (secondary N) is 1. The number of likely N-dealkylation sites (tertiary alicyclic amines) is 1. The maximum Gasteiger partial charge on any atom is 0.266 e. The highest BCUT2D eigenvalue weighted by Gasteiger charge is 2.24. The van der Waals surface area contributed by atoms with E-state index in [-0.39, 0.29) is 5.56 Å². The molecule has 21 heavy (non-hydrogen) atoms. The lowest BCUT2D eigenvalue weighted by atomic mass is 9.92. The van der Waals surface area contributed by atoms with E-state index in [9.17, 15) is 4.79 Å². The van der Waals surface area contributed by atoms with Gasteiger partial charge >= 0.3 is 0 Å². The van der Waals surface area contributed by atoms with Gasteiger partial charge < -0.3 is 5.32 Å². The Hall–Kier alpha value is -1.20. The minimum Gasteiger partial charge on any atom is -0.312 e. The van der Waals surface area contributed by atoms with Crippen molar-refractivity contribution < 1.29 is 0 Å².